The molecule has 0 aromatic carbocycles. The van der Waals surface area contributed by atoms with Crippen molar-refractivity contribution in [1.29, 1.82) is 0 Å². The minimum atomic E-state index is -4.61. The normalized spacial score (nSPS) is 20.4. The van der Waals surface area contributed by atoms with E-state index >= 15 is 0 Å². The van der Waals surface area contributed by atoms with Gasteiger partial charge in [0.2, 0.25) is 0 Å². The Labute approximate surface area is 375 Å². The molecule has 6 atom stereocenters. The summed E-state index contributed by atoms with van der Waals surface area (Å²) in [5.74, 6) is -2.03. The van der Waals surface area contributed by atoms with Crippen LogP contribution in [0.4, 0.5) is 0 Å². The van der Waals surface area contributed by atoms with Crippen LogP contribution >= 0.6 is 0 Å². The summed E-state index contributed by atoms with van der Waals surface area (Å²) in [6.45, 7) is 3.68. The van der Waals surface area contributed by atoms with Gasteiger partial charge in [-0.05, 0) is 83.5 Å². The van der Waals surface area contributed by atoms with Gasteiger partial charge in [0, 0.05) is 12.8 Å². The lowest BCUT2D eigenvalue weighted by Crippen LogP contribution is -2.60. The fraction of sp³-hybridized carbons (Fsp3) is 0.755. The van der Waals surface area contributed by atoms with Crippen molar-refractivity contribution in [3.05, 3.63) is 60.8 Å². The number of aliphatic hydroxyl groups is 3. The molecule has 1 rings (SSSR count). The molecule has 13 heteroatoms. The number of ether oxygens (including phenoxy) is 4. The molecule has 1 saturated heterocycles. The highest BCUT2D eigenvalue weighted by atomic mass is 32.2. The van der Waals surface area contributed by atoms with Crippen molar-refractivity contribution in [2.75, 3.05) is 19.0 Å². The number of allylic oxidation sites excluding steroid dienone is 10. The highest BCUT2D eigenvalue weighted by Gasteiger charge is 2.46. The van der Waals surface area contributed by atoms with Crippen LogP contribution in [0.5, 0.6) is 0 Å². The fourth-order valence-electron chi connectivity index (χ4n) is 6.83. The van der Waals surface area contributed by atoms with Gasteiger partial charge in [0.15, 0.2) is 12.4 Å². The second-order valence-corrected chi connectivity index (χ2v) is 17.9. The molecule has 0 saturated carbocycles. The fourth-order valence-corrected chi connectivity index (χ4v) is 7.52. The molecular weight excluding hydrogens is 813 g/mol. The molecule has 0 radical (unpaired) electrons. The maximum absolute atomic E-state index is 12.8. The minimum absolute atomic E-state index is 0.148. The Balaban J connectivity index is 2.45. The Kier molecular flexibility index (Phi) is 35.9. The molecular formula is C49H84O12S. The molecule has 0 aromatic rings. The van der Waals surface area contributed by atoms with Crippen LogP contribution in [0.2, 0.25) is 0 Å². The first-order chi connectivity index (χ1) is 30.0. The topological polar surface area (TPSA) is 186 Å². The van der Waals surface area contributed by atoms with E-state index in [2.05, 4.69) is 74.6 Å². The number of hydrogen-bond acceptors (Lipinski definition) is 11. The average molecular weight is 897 g/mol. The lowest BCUT2D eigenvalue weighted by molar-refractivity contribution is -0.297. The van der Waals surface area contributed by atoms with Crippen LogP contribution in [0, 0.1) is 0 Å². The molecule has 0 spiro atoms. The van der Waals surface area contributed by atoms with Gasteiger partial charge in [-0.3, -0.25) is 14.1 Å². The van der Waals surface area contributed by atoms with Gasteiger partial charge in [0.1, 0.15) is 36.8 Å². The number of hydrogen-bond donors (Lipinski definition) is 4. The van der Waals surface area contributed by atoms with Crippen molar-refractivity contribution < 1.29 is 56.8 Å². The Hall–Kier alpha value is -2.65. The molecule has 2 unspecified atom stereocenters. The first-order valence-corrected chi connectivity index (χ1v) is 25.5. The molecule has 62 heavy (non-hydrogen) atoms. The summed E-state index contributed by atoms with van der Waals surface area (Å²) in [7, 11) is -4.61. The Bertz CT molecular complexity index is 1370. The highest BCUT2D eigenvalue weighted by Crippen LogP contribution is 2.24. The zero-order chi connectivity index (χ0) is 45.5. The predicted molar refractivity (Wildman–Crippen MR) is 247 cm³/mol. The van der Waals surface area contributed by atoms with Crippen LogP contribution in [0.1, 0.15) is 181 Å². The molecule has 0 bridgehead atoms. The molecule has 1 aliphatic rings. The lowest BCUT2D eigenvalue weighted by atomic mass is 10.00. The highest BCUT2D eigenvalue weighted by molar-refractivity contribution is 7.85. The van der Waals surface area contributed by atoms with Gasteiger partial charge in [0.25, 0.3) is 10.1 Å². The lowest BCUT2D eigenvalue weighted by Gasteiger charge is -2.40. The largest absolute Gasteiger partial charge is 0.462 e. The number of carbonyl (C=O) groups is 2. The van der Waals surface area contributed by atoms with Gasteiger partial charge in [-0.1, -0.05) is 145 Å². The number of rotatable bonds is 39. The van der Waals surface area contributed by atoms with Gasteiger partial charge < -0.3 is 34.3 Å². The molecule has 0 aliphatic carbocycles. The molecule has 1 fully saturated rings. The zero-order valence-electron chi connectivity index (χ0n) is 38.2. The van der Waals surface area contributed by atoms with Gasteiger partial charge in [-0.15, -0.1) is 0 Å². The number of aliphatic hydroxyl groups excluding tert-OH is 3. The molecule has 4 N–H and O–H groups in total. The van der Waals surface area contributed by atoms with E-state index in [1.54, 1.807) is 0 Å². The van der Waals surface area contributed by atoms with E-state index in [0.717, 1.165) is 89.9 Å². The number of carbonyl (C=O) groups excluding carboxylic acids is 2. The quantitative estimate of drug-likeness (QED) is 0.0198. The second-order valence-electron chi connectivity index (χ2n) is 16.4. The van der Waals surface area contributed by atoms with Gasteiger partial charge in [-0.25, -0.2) is 0 Å². The van der Waals surface area contributed by atoms with Crippen molar-refractivity contribution in [2.45, 2.75) is 218 Å². The van der Waals surface area contributed by atoms with Crippen molar-refractivity contribution in [3.8, 4) is 0 Å². The second kappa shape index (κ2) is 38.8. The third-order valence-electron chi connectivity index (χ3n) is 10.6. The van der Waals surface area contributed by atoms with E-state index in [9.17, 15) is 37.9 Å². The molecule has 0 aromatic heterocycles. The third-order valence-corrected chi connectivity index (χ3v) is 11.3. The van der Waals surface area contributed by atoms with Crippen LogP contribution in [0.25, 0.3) is 0 Å². The Morgan fingerprint density at radius 2 is 0.968 bits per heavy atom. The average Bonchev–Trinajstić information content (AvgIpc) is 3.24. The van der Waals surface area contributed by atoms with E-state index in [4.69, 9.17) is 18.9 Å². The summed E-state index contributed by atoms with van der Waals surface area (Å²) in [6, 6.07) is 0. The van der Waals surface area contributed by atoms with Crippen LogP contribution in [0.15, 0.2) is 60.8 Å². The maximum atomic E-state index is 12.8. The smallest absolute Gasteiger partial charge is 0.306 e. The summed E-state index contributed by atoms with van der Waals surface area (Å²) < 4.78 is 54.1. The Morgan fingerprint density at radius 1 is 0.548 bits per heavy atom. The predicted octanol–water partition coefficient (Wildman–Crippen LogP) is 10.1. The summed E-state index contributed by atoms with van der Waals surface area (Å²) >= 11 is 0. The van der Waals surface area contributed by atoms with E-state index < -0.39 is 71.2 Å². The van der Waals surface area contributed by atoms with E-state index in [0.29, 0.717) is 12.8 Å². The first-order valence-electron chi connectivity index (χ1n) is 23.8. The third kappa shape index (κ3) is 32.9. The monoisotopic (exact) mass is 897 g/mol. The number of esters is 2. The van der Waals surface area contributed by atoms with E-state index in [1.807, 2.05) is 0 Å². The van der Waals surface area contributed by atoms with Gasteiger partial charge >= 0.3 is 11.9 Å². The van der Waals surface area contributed by atoms with Gasteiger partial charge in [-0.2, -0.15) is 8.42 Å². The zero-order valence-corrected chi connectivity index (χ0v) is 39.0. The van der Waals surface area contributed by atoms with Crippen molar-refractivity contribution in [2.24, 2.45) is 0 Å². The van der Waals surface area contributed by atoms with Crippen LogP contribution in [-0.4, -0.2) is 96.0 Å². The van der Waals surface area contributed by atoms with E-state index in [1.165, 1.54) is 51.4 Å². The maximum Gasteiger partial charge on any atom is 0.306 e. The van der Waals surface area contributed by atoms with Crippen LogP contribution in [0.3, 0.4) is 0 Å². The van der Waals surface area contributed by atoms with Crippen molar-refractivity contribution >= 4 is 22.1 Å². The minimum Gasteiger partial charge on any atom is -0.462 e. The SMILES string of the molecule is CCCCC/C=C/C/C=C/C/C=C/CCCCCCC(=O)OC[C@H](CO[C@H]1O[C@H](CS(=O)(=O)O)[C@@H](O)C(O)C1O)OC(=O)CCCCCCCCC/C=C/C/C=C/CCCCC. The summed E-state index contributed by atoms with van der Waals surface area (Å²) in [4.78, 5) is 25.5. The van der Waals surface area contributed by atoms with Crippen molar-refractivity contribution in [1.82, 2.24) is 0 Å². The van der Waals surface area contributed by atoms with Crippen molar-refractivity contribution in [3.63, 3.8) is 0 Å². The molecule has 1 aliphatic heterocycles. The Morgan fingerprint density at radius 3 is 1.44 bits per heavy atom. The summed E-state index contributed by atoms with van der Waals surface area (Å²) in [5.41, 5.74) is 0. The first kappa shape index (κ1) is 57.4. The summed E-state index contributed by atoms with van der Waals surface area (Å²) in [6.07, 6.45) is 38.2. The summed E-state index contributed by atoms with van der Waals surface area (Å²) in [5, 5.41) is 30.9. The molecule has 1 heterocycles. The standard InChI is InChI=1S/C49H84O12S/c1-3-5-7-9-11-13-15-17-19-21-23-25-27-29-31-33-35-37-44(50)58-39-42(40-59-49-48(54)47(53)46(52)43(61-49)41-62(55,56)57)60-45(51)38-36-34-32-30-28-26-24-22-20-18-16-14-12-10-8-6-4-2/h11-14,17-20,23,25,42-43,46-49,52-54H,3-10,15-16,21-22,24,26-41H2,1-2H3,(H,55,56,57)/b13-11+,14-12+,19-17+,20-18+,25-23+/t42-,43-,46-,47?,48?,49+/m1/s1. The van der Waals surface area contributed by atoms with Gasteiger partial charge in [0.05, 0.1) is 6.61 Å². The van der Waals surface area contributed by atoms with Crippen LogP contribution < -0.4 is 0 Å². The number of unbranched alkanes of at least 4 members (excludes halogenated alkanes) is 17. The molecule has 12 nitrogen and oxygen atoms in total. The van der Waals surface area contributed by atoms with Crippen LogP contribution in [-0.2, 0) is 38.7 Å². The molecule has 0 amide bonds. The molecule has 358 valence electrons. The van der Waals surface area contributed by atoms with E-state index in [-0.39, 0.29) is 19.4 Å².